The molecule has 1 aliphatic rings. The van der Waals surface area contributed by atoms with Crippen LogP contribution >= 0.6 is 0 Å². The number of nitrogens with zero attached hydrogens (tertiary/aromatic N) is 1. The van der Waals surface area contributed by atoms with Crippen molar-refractivity contribution >= 4 is 11.6 Å². The van der Waals surface area contributed by atoms with Gasteiger partial charge < -0.3 is 15.5 Å². The van der Waals surface area contributed by atoms with Crippen molar-refractivity contribution in [3.8, 4) is 0 Å². The van der Waals surface area contributed by atoms with Gasteiger partial charge in [-0.2, -0.15) is 0 Å². The first-order valence-electron chi connectivity index (χ1n) is 6.90. The Kier molecular flexibility index (Phi) is 4.28. The van der Waals surface area contributed by atoms with Crippen molar-refractivity contribution < 1.29 is 9.18 Å². The Bertz CT molecular complexity index is 506. The van der Waals surface area contributed by atoms with E-state index in [9.17, 15) is 9.18 Å². The van der Waals surface area contributed by atoms with E-state index in [-0.39, 0.29) is 11.7 Å². The van der Waals surface area contributed by atoms with Gasteiger partial charge in [-0.3, -0.25) is 4.79 Å². The second kappa shape index (κ2) is 5.79. The monoisotopic (exact) mass is 279 g/mol. The van der Waals surface area contributed by atoms with Crippen LogP contribution in [0.25, 0.3) is 0 Å². The number of rotatable bonds is 4. The molecule has 1 fully saturated rings. The standard InChI is InChI=1S/C15H22FN3O/c1-15(14(20)18-3)6-7-19(10-15)13-5-4-11(9-17-2)8-12(13)16/h4-5,8,17H,6-7,9-10H2,1-3H3,(H,18,20). The van der Waals surface area contributed by atoms with E-state index in [1.54, 1.807) is 19.2 Å². The summed E-state index contributed by atoms with van der Waals surface area (Å²) in [5.41, 5.74) is 1.06. The highest BCUT2D eigenvalue weighted by Crippen LogP contribution is 2.34. The zero-order valence-electron chi connectivity index (χ0n) is 12.3. The van der Waals surface area contributed by atoms with Crippen molar-refractivity contribution in [2.75, 3.05) is 32.1 Å². The molecule has 2 rings (SSSR count). The molecule has 1 atom stereocenters. The molecule has 1 amide bonds. The first kappa shape index (κ1) is 14.8. The van der Waals surface area contributed by atoms with Crippen molar-refractivity contribution in [3.63, 3.8) is 0 Å². The molecule has 0 spiro atoms. The fraction of sp³-hybridized carbons (Fsp3) is 0.533. The van der Waals surface area contributed by atoms with Gasteiger partial charge in [0.2, 0.25) is 5.91 Å². The third-order valence-corrected chi connectivity index (χ3v) is 3.98. The Morgan fingerprint density at radius 3 is 2.80 bits per heavy atom. The van der Waals surface area contributed by atoms with Crippen LogP contribution in [0.15, 0.2) is 18.2 Å². The minimum absolute atomic E-state index is 0.0206. The Balaban J connectivity index is 2.16. The zero-order chi connectivity index (χ0) is 14.8. The van der Waals surface area contributed by atoms with E-state index in [1.807, 2.05) is 24.9 Å². The van der Waals surface area contributed by atoms with Gasteiger partial charge in [0.15, 0.2) is 0 Å². The van der Waals surface area contributed by atoms with E-state index in [0.29, 0.717) is 25.3 Å². The third kappa shape index (κ3) is 2.77. The first-order chi connectivity index (χ1) is 9.50. The zero-order valence-corrected chi connectivity index (χ0v) is 12.3. The number of amides is 1. The summed E-state index contributed by atoms with van der Waals surface area (Å²) in [7, 11) is 3.48. The Morgan fingerprint density at radius 2 is 2.20 bits per heavy atom. The van der Waals surface area contributed by atoms with Gasteiger partial charge in [-0.25, -0.2) is 4.39 Å². The van der Waals surface area contributed by atoms with Crippen LogP contribution in [0.2, 0.25) is 0 Å². The molecule has 1 aromatic carbocycles. The smallest absolute Gasteiger partial charge is 0.227 e. The predicted octanol–water partition coefficient (Wildman–Crippen LogP) is 1.51. The third-order valence-electron chi connectivity index (χ3n) is 3.98. The Hall–Kier alpha value is -1.62. The number of nitrogens with one attached hydrogen (secondary N) is 2. The van der Waals surface area contributed by atoms with Gasteiger partial charge in [0.25, 0.3) is 0 Å². The summed E-state index contributed by atoms with van der Waals surface area (Å²) in [6.45, 7) is 3.83. The van der Waals surface area contributed by atoms with Gasteiger partial charge in [0, 0.05) is 26.7 Å². The summed E-state index contributed by atoms with van der Waals surface area (Å²) in [5.74, 6) is -0.203. The lowest BCUT2D eigenvalue weighted by Gasteiger charge is -2.24. The van der Waals surface area contributed by atoms with Crippen LogP contribution in [0.3, 0.4) is 0 Å². The summed E-state index contributed by atoms with van der Waals surface area (Å²) >= 11 is 0. The van der Waals surface area contributed by atoms with E-state index in [0.717, 1.165) is 12.0 Å². The SMILES string of the molecule is CNCc1ccc(N2CCC(C)(C(=O)NC)C2)c(F)c1. The molecule has 4 nitrogen and oxygen atoms in total. The molecular formula is C15H22FN3O. The maximum atomic E-state index is 14.2. The molecule has 20 heavy (non-hydrogen) atoms. The largest absolute Gasteiger partial charge is 0.368 e. The van der Waals surface area contributed by atoms with Crippen LogP contribution in [0.4, 0.5) is 10.1 Å². The molecule has 2 N–H and O–H groups in total. The molecule has 1 saturated heterocycles. The van der Waals surface area contributed by atoms with Crippen LogP contribution < -0.4 is 15.5 Å². The van der Waals surface area contributed by atoms with Crippen LogP contribution in [-0.2, 0) is 11.3 Å². The highest BCUT2D eigenvalue weighted by Gasteiger charge is 2.40. The molecule has 0 radical (unpaired) electrons. The van der Waals surface area contributed by atoms with Crippen molar-refractivity contribution in [3.05, 3.63) is 29.6 Å². The van der Waals surface area contributed by atoms with E-state index < -0.39 is 5.41 Å². The van der Waals surface area contributed by atoms with Gasteiger partial charge in [-0.05, 0) is 38.1 Å². The quantitative estimate of drug-likeness (QED) is 0.878. The van der Waals surface area contributed by atoms with Crippen molar-refractivity contribution in [2.45, 2.75) is 19.9 Å². The fourth-order valence-electron chi connectivity index (χ4n) is 2.77. The molecule has 1 aromatic rings. The highest BCUT2D eigenvalue weighted by molar-refractivity contribution is 5.83. The average Bonchev–Trinajstić information content (AvgIpc) is 2.82. The molecule has 0 aromatic heterocycles. The summed E-state index contributed by atoms with van der Waals surface area (Å²) in [6.07, 6.45) is 0.740. The molecule has 0 bridgehead atoms. The van der Waals surface area contributed by atoms with Crippen LogP contribution in [0, 0.1) is 11.2 Å². The second-order valence-electron chi connectivity index (χ2n) is 5.63. The van der Waals surface area contributed by atoms with Gasteiger partial charge in [-0.15, -0.1) is 0 Å². The second-order valence-corrected chi connectivity index (χ2v) is 5.63. The molecule has 0 aliphatic carbocycles. The maximum absolute atomic E-state index is 14.2. The molecule has 110 valence electrons. The topological polar surface area (TPSA) is 44.4 Å². The number of hydrogen-bond acceptors (Lipinski definition) is 3. The molecule has 1 unspecified atom stereocenters. The molecule has 1 aliphatic heterocycles. The van der Waals surface area contributed by atoms with Crippen molar-refractivity contribution in [1.82, 2.24) is 10.6 Å². The molecular weight excluding hydrogens is 257 g/mol. The fourth-order valence-corrected chi connectivity index (χ4v) is 2.77. The Morgan fingerprint density at radius 1 is 1.45 bits per heavy atom. The van der Waals surface area contributed by atoms with Gasteiger partial charge in [0.1, 0.15) is 5.82 Å². The van der Waals surface area contributed by atoms with Crippen LogP contribution in [0.5, 0.6) is 0 Å². The van der Waals surface area contributed by atoms with E-state index in [4.69, 9.17) is 0 Å². The number of halogens is 1. The van der Waals surface area contributed by atoms with E-state index in [2.05, 4.69) is 10.6 Å². The normalized spacial score (nSPS) is 22.1. The number of benzene rings is 1. The number of carbonyl (C=O) groups is 1. The Labute approximate surface area is 119 Å². The summed E-state index contributed by atoms with van der Waals surface area (Å²) in [6, 6.07) is 5.28. The first-order valence-corrected chi connectivity index (χ1v) is 6.90. The lowest BCUT2D eigenvalue weighted by molar-refractivity contribution is -0.128. The lowest BCUT2D eigenvalue weighted by atomic mass is 9.89. The van der Waals surface area contributed by atoms with Crippen LogP contribution in [0.1, 0.15) is 18.9 Å². The summed E-state index contributed by atoms with van der Waals surface area (Å²) in [4.78, 5) is 13.8. The highest BCUT2D eigenvalue weighted by atomic mass is 19.1. The summed E-state index contributed by atoms with van der Waals surface area (Å²) in [5, 5.41) is 5.69. The molecule has 1 heterocycles. The number of anilines is 1. The van der Waals surface area contributed by atoms with Gasteiger partial charge >= 0.3 is 0 Å². The van der Waals surface area contributed by atoms with E-state index >= 15 is 0 Å². The lowest BCUT2D eigenvalue weighted by Crippen LogP contribution is -2.39. The van der Waals surface area contributed by atoms with Gasteiger partial charge in [0.05, 0.1) is 11.1 Å². The minimum Gasteiger partial charge on any atom is -0.368 e. The minimum atomic E-state index is -0.440. The van der Waals surface area contributed by atoms with Gasteiger partial charge in [-0.1, -0.05) is 6.07 Å². The van der Waals surface area contributed by atoms with E-state index in [1.165, 1.54) is 0 Å². The average molecular weight is 279 g/mol. The molecule has 0 saturated carbocycles. The predicted molar refractivity (Wildman–Crippen MR) is 78.2 cm³/mol. The van der Waals surface area contributed by atoms with Crippen molar-refractivity contribution in [2.24, 2.45) is 5.41 Å². The summed E-state index contributed by atoms with van der Waals surface area (Å²) < 4.78 is 14.2. The number of hydrogen-bond donors (Lipinski definition) is 2. The van der Waals surface area contributed by atoms with Crippen LogP contribution in [-0.4, -0.2) is 33.1 Å². The van der Waals surface area contributed by atoms with Crippen molar-refractivity contribution in [1.29, 1.82) is 0 Å². The maximum Gasteiger partial charge on any atom is 0.227 e. The molecule has 5 heteroatoms. The number of carbonyl (C=O) groups excluding carboxylic acids is 1.